The number of guanidine groups is 1. The minimum absolute atomic E-state index is 0.0865. The summed E-state index contributed by atoms with van der Waals surface area (Å²) in [6, 6.07) is 0. The number of nitrogens with zero attached hydrogens (tertiary/aromatic N) is 1. The molecule has 4 nitrogen and oxygen atoms in total. The van der Waals surface area contributed by atoms with Gasteiger partial charge in [-0.05, 0) is 38.3 Å². The molecule has 0 saturated carbocycles. The van der Waals surface area contributed by atoms with E-state index >= 15 is 0 Å². The second-order valence-corrected chi connectivity index (χ2v) is 4.60. The van der Waals surface area contributed by atoms with E-state index in [9.17, 15) is 0 Å². The van der Waals surface area contributed by atoms with Crippen molar-refractivity contribution >= 4 is 5.96 Å². The molecule has 0 aromatic rings. The maximum atomic E-state index is 6.99. The van der Waals surface area contributed by atoms with E-state index in [-0.39, 0.29) is 5.96 Å². The van der Waals surface area contributed by atoms with Crippen molar-refractivity contribution in [2.24, 2.45) is 11.7 Å². The standard InChI is InChI=1S/C11H24N4/c1-10-5-8-15(9-10)7-4-2-3-6-14-11(12)13/h10H,2-9H2,1H3,(H4,12,13,14)/t10-/m0/s1. The molecule has 0 aromatic carbocycles. The van der Waals surface area contributed by atoms with Crippen LogP contribution in [0.2, 0.25) is 0 Å². The lowest BCUT2D eigenvalue weighted by molar-refractivity contribution is 0.318. The molecular formula is C11H24N4. The molecule has 88 valence electrons. The third-order valence-corrected chi connectivity index (χ3v) is 2.97. The highest BCUT2D eigenvalue weighted by Crippen LogP contribution is 2.15. The lowest BCUT2D eigenvalue weighted by atomic mass is 10.2. The van der Waals surface area contributed by atoms with Crippen LogP contribution in [0, 0.1) is 11.3 Å². The van der Waals surface area contributed by atoms with Gasteiger partial charge in [0.15, 0.2) is 5.96 Å². The third kappa shape index (κ3) is 5.62. The summed E-state index contributed by atoms with van der Waals surface area (Å²) >= 11 is 0. The van der Waals surface area contributed by atoms with Crippen molar-refractivity contribution in [3.63, 3.8) is 0 Å². The number of hydrogen-bond acceptors (Lipinski definition) is 2. The first-order chi connectivity index (χ1) is 7.18. The van der Waals surface area contributed by atoms with E-state index in [1.807, 2.05) is 0 Å². The highest BCUT2D eigenvalue weighted by atomic mass is 15.1. The Kier molecular flexibility index (Phi) is 5.47. The fourth-order valence-corrected chi connectivity index (χ4v) is 2.09. The van der Waals surface area contributed by atoms with E-state index in [1.54, 1.807) is 0 Å². The van der Waals surface area contributed by atoms with Gasteiger partial charge in [-0.1, -0.05) is 13.3 Å². The Morgan fingerprint density at radius 3 is 2.87 bits per heavy atom. The summed E-state index contributed by atoms with van der Waals surface area (Å²) in [6.45, 7) is 6.98. The zero-order valence-corrected chi connectivity index (χ0v) is 9.76. The van der Waals surface area contributed by atoms with Crippen molar-refractivity contribution < 1.29 is 0 Å². The Balaban J connectivity index is 1.87. The monoisotopic (exact) mass is 212 g/mol. The number of nitrogens with one attached hydrogen (secondary N) is 2. The van der Waals surface area contributed by atoms with Gasteiger partial charge in [0.1, 0.15) is 0 Å². The SMILES string of the molecule is C[C@H]1CCN(CCCCCNC(=N)N)C1. The van der Waals surface area contributed by atoms with E-state index in [1.165, 1.54) is 38.9 Å². The first-order valence-electron chi connectivity index (χ1n) is 5.98. The molecule has 0 amide bonds. The van der Waals surface area contributed by atoms with Gasteiger partial charge in [-0.2, -0.15) is 0 Å². The zero-order valence-electron chi connectivity index (χ0n) is 9.76. The molecule has 0 unspecified atom stereocenters. The maximum absolute atomic E-state index is 6.99. The molecule has 0 bridgehead atoms. The number of likely N-dealkylation sites (tertiary alicyclic amines) is 1. The summed E-state index contributed by atoms with van der Waals surface area (Å²) in [5, 5.41) is 9.82. The lowest BCUT2D eigenvalue weighted by Gasteiger charge is -2.14. The van der Waals surface area contributed by atoms with Crippen LogP contribution in [-0.2, 0) is 0 Å². The quantitative estimate of drug-likeness (QED) is 0.349. The molecule has 1 atom stereocenters. The predicted molar refractivity (Wildman–Crippen MR) is 64.0 cm³/mol. The van der Waals surface area contributed by atoms with Crippen LogP contribution in [-0.4, -0.2) is 37.0 Å². The van der Waals surface area contributed by atoms with Crippen LogP contribution in [0.15, 0.2) is 0 Å². The van der Waals surface area contributed by atoms with Crippen molar-refractivity contribution in [2.75, 3.05) is 26.2 Å². The smallest absolute Gasteiger partial charge is 0.185 e. The minimum atomic E-state index is 0.0865. The molecule has 1 saturated heterocycles. The predicted octanol–water partition coefficient (Wildman–Crippen LogP) is 0.982. The average Bonchev–Trinajstić information content (AvgIpc) is 2.57. The van der Waals surface area contributed by atoms with Gasteiger partial charge < -0.3 is 16.0 Å². The fourth-order valence-electron chi connectivity index (χ4n) is 2.09. The number of nitrogens with two attached hydrogens (primary N) is 1. The molecule has 1 heterocycles. The first kappa shape index (κ1) is 12.3. The van der Waals surface area contributed by atoms with Gasteiger partial charge in [0.25, 0.3) is 0 Å². The second kappa shape index (κ2) is 6.67. The van der Waals surface area contributed by atoms with Crippen LogP contribution in [0.4, 0.5) is 0 Å². The van der Waals surface area contributed by atoms with Crippen molar-refractivity contribution in [1.29, 1.82) is 5.41 Å². The normalized spacial score (nSPS) is 21.8. The van der Waals surface area contributed by atoms with Crippen LogP contribution >= 0.6 is 0 Å². The Morgan fingerprint density at radius 2 is 2.27 bits per heavy atom. The number of unbranched alkanes of at least 4 members (excludes halogenated alkanes) is 2. The largest absolute Gasteiger partial charge is 0.370 e. The molecule has 0 radical (unpaired) electrons. The van der Waals surface area contributed by atoms with Gasteiger partial charge >= 0.3 is 0 Å². The van der Waals surface area contributed by atoms with Gasteiger partial charge in [-0.25, -0.2) is 0 Å². The second-order valence-electron chi connectivity index (χ2n) is 4.60. The number of rotatable bonds is 6. The Hall–Kier alpha value is -0.770. The topological polar surface area (TPSA) is 65.1 Å². The molecule has 15 heavy (non-hydrogen) atoms. The van der Waals surface area contributed by atoms with Crippen molar-refractivity contribution in [3.05, 3.63) is 0 Å². The molecule has 1 aliphatic rings. The van der Waals surface area contributed by atoms with Crippen LogP contribution in [0.3, 0.4) is 0 Å². The third-order valence-electron chi connectivity index (χ3n) is 2.97. The first-order valence-corrected chi connectivity index (χ1v) is 5.98. The Bertz CT molecular complexity index is 193. The van der Waals surface area contributed by atoms with E-state index < -0.39 is 0 Å². The van der Waals surface area contributed by atoms with Gasteiger partial charge in [-0.15, -0.1) is 0 Å². The molecule has 0 spiro atoms. The summed E-state index contributed by atoms with van der Waals surface area (Å²) in [4.78, 5) is 2.56. The summed E-state index contributed by atoms with van der Waals surface area (Å²) in [5.41, 5.74) is 5.19. The summed E-state index contributed by atoms with van der Waals surface area (Å²) in [6.07, 6.45) is 4.98. The molecular weight excluding hydrogens is 188 g/mol. The molecule has 0 aliphatic carbocycles. The summed E-state index contributed by atoms with van der Waals surface area (Å²) < 4.78 is 0. The molecule has 4 N–H and O–H groups in total. The van der Waals surface area contributed by atoms with Gasteiger partial charge in [0.2, 0.25) is 0 Å². The van der Waals surface area contributed by atoms with Gasteiger partial charge in [-0.3, -0.25) is 5.41 Å². The minimum Gasteiger partial charge on any atom is -0.370 e. The van der Waals surface area contributed by atoms with Crippen LogP contribution in [0.5, 0.6) is 0 Å². The fraction of sp³-hybridized carbons (Fsp3) is 0.909. The lowest BCUT2D eigenvalue weighted by Crippen LogP contribution is -2.31. The van der Waals surface area contributed by atoms with E-state index in [2.05, 4.69) is 17.1 Å². The molecule has 0 aromatic heterocycles. The Morgan fingerprint density at radius 1 is 1.47 bits per heavy atom. The van der Waals surface area contributed by atoms with Crippen molar-refractivity contribution in [2.45, 2.75) is 32.6 Å². The van der Waals surface area contributed by atoms with Crippen LogP contribution in [0.1, 0.15) is 32.6 Å². The molecule has 1 rings (SSSR count). The van der Waals surface area contributed by atoms with Crippen LogP contribution < -0.4 is 11.1 Å². The highest BCUT2D eigenvalue weighted by Gasteiger charge is 2.17. The highest BCUT2D eigenvalue weighted by molar-refractivity contribution is 5.74. The van der Waals surface area contributed by atoms with Crippen molar-refractivity contribution in [1.82, 2.24) is 10.2 Å². The van der Waals surface area contributed by atoms with E-state index in [4.69, 9.17) is 11.1 Å². The zero-order chi connectivity index (χ0) is 11.1. The van der Waals surface area contributed by atoms with Crippen LogP contribution in [0.25, 0.3) is 0 Å². The molecule has 1 fully saturated rings. The van der Waals surface area contributed by atoms with Gasteiger partial charge in [0, 0.05) is 13.1 Å². The molecule has 4 heteroatoms. The van der Waals surface area contributed by atoms with E-state index in [0.29, 0.717) is 0 Å². The Labute approximate surface area is 92.7 Å². The summed E-state index contributed by atoms with van der Waals surface area (Å²) in [7, 11) is 0. The van der Waals surface area contributed by atoms with Crippen molar-refractivity contribution in [3.8, 4) is 0 Å². The van der Waals surface area contributed by atoms with Gasteiger partial charge in [0.05, 0.1) is 0 Å². The average molecular weight is 212 g/mol. The number of hydrogen-bond donors (Lipinski definition) is 3. The maximum Gasteiger partial charge on any atom is 0.185 e. The van der Waals surface area contributed by atoms with E-state index in [0.717, 1.165) is 18.9 Å². The molecule has 1 aliphatic heterocycles. The summed E-state index contributed by atoms with van der Waals surface area (Å²) in [5.74, 6) is 0.979.